The fourth-order valence-corrected chi connectivity index (χ4v) is 2.03. The van der Waals surface area contributed by atoms with E-state index in [1.807, 2.05) is 30.3 Å². The normalized spacial score (nSPS) is 10.9. The van der Waals surface area contributed by atoms with Gasteiger partial charge in [-0.3, -0.25) is 4.98 Å². The molecule has 20 heavy (non-hydrogen) atoms. The number of hydrogen-bond acceptors (Lipinski definition) is 4. The lowest BCUT2D eigenvalue weighted by Crippen LogP contribution is -2.15. The van der Waals surface area contributed by atoms with Crippen LogP contribution in [0.2, 0.25) is 0 Å². The molecule has 0 saturated heterocycles. The number of fused-ring (bicyclic) bond motifs is 1. The SMILES string of the molecule is CCCNCc1cc(OCCOC)c2ccccc2n1. The van der Waals surface area contributed by atoms with Crippen LogP contribution in [0, 0.1) is 0 Å². The van der Waals surface area contributed by atoms with Crippen molar-refractivity contribution in [2.45, 2.75) is 19.9 Å². The van der Waals surface area contributed by atoms with Crippen molar-refractivity contribution >= 4 is 10.9 Å². The number of pyridine rings is 1. The quantitative estimate of drug-likeness (QED) is 0.752. The zero-order valence-corrected chi connectivity index (χ0v) is 12.2. The molecular formula is C16H22N2O2. The number of para-hydroxylation sites is 1. The molecule has 4 nitrogen and oxygen atoms in total. The Morgan fingerprint density at radius 2 is 2.05 bits per heavy atom. The Morgan fingerprint density at radius 3 is 2.85 bits per heavy atom. The van der Waals surface area contributed by atoms with Gasteiger partial charge < -0.3 is 14.8 Å². The molecule has 1 N–H and O–H groups in total. The predicted molar refractivity (Wildman–Crippen MR) is 81.1 cm³/mol. The summed E-state index contributed by atoms with van der Waals surface area (Å²) in [5.41, 5.74) is 1.97. The third-order valence-corrected chi connectivity index (χ3v) is 3.01. The molecule has 0 fully saturated rings. The number of hydrogen-bond donors (Lipinski definition) is 1. The Bertz CT molecular complexity index is 543. The molecule has 0 amide bonds. The monoisotopic (exact) mass is 274 g/mol. The maximum Gasteiger partial charge on any atom is 0.130 e. The molecule has 0 bridgehead atoms. The highest BCUT2D eigenvalue weighted by Gasteiger charge is 2.06. The highest BCUT2D eigenvalue weighted by molar-refractivity contribution is 5.85. The van der Waals surface area contributed by atoms with Crippen LogP contribution in [-0.4, -0.2) is 31.9 Å². The summed E-state index contributed by atoms with van der Waals surface area (Å²) < 4.78 is 10.8. The minimum absolute atomic E-state index is 0.548. The van der Waals surface area contributed by atoms with Crippen LogP contribution in [0.25, 0.3) is 10.9 Å². The van der Waals surface area contributed by atoms with E-state index in [0.29, 0.717) is 13.2 Å². The van der Waals surface area contributed by atoms with E-state index in [1.165, 1.54) is 0 Å². The highest BCUT2D eigenvalue weighted by atomic mass is 16.5. The molecular weight excluding hydrogens is 252 g/mol. The van der Waals surface area contributed by atoms with Gasteiger partial charge in [0.25, 0.3) is 0 Å². The summed E-state index contributed by atoms with van der Waals surface area (Å²) in [6.45, 7) is 5.04. The Hall–Kier alpha value is -1.65. The summed E-state index contributed by atoms with van der Waals surface area (Å²) in [6, 6.07) is 10.1. The zero-order valence-electron chi connectivity index (χ0n) is 12.2. The van der Waals surface area contributed by atoms with Crippen LogP contribution < -0.4 is 10.1 Å². The van der Waals surface area contributed by atoms with Crippen LogP contribution in [-0.2, 0) is 11.3 Å². The number of nitrogens with zero attached hydrogens (tertiary/aromatic N) is 1. The fourth-order valence-electron chi connectivity index (χ4n) is 2.03. The highest BCUT2D eigenvalue weighted by Crippen LogP contribution is 2.25. The van der Waals surface area contributed by atoms with Gasteiger partial charge in [-0.05, 0) is 25.1 Å². The second-order valence-electron chi connectivity index (χ2n) is 4.65. The second-order valence-corrected chi connectivity index (χ2v) is 4.65. The lowest BCUT2D eigenvalue weighted by molar-refractivity contribution is 0.147. The summed E-state index contributed by atoms with van der Waals surface area (Å²) in [6.07, 6.45) is 1.12. The Balaban J connectivity index is 2.21. The maximum atomic E-state index is 5.81. The van der Waals surface area contributed by atoms with E-state index < -0.39 is 0 Å². The van der Waals surface area contributed by atoms with Crippen LogP contribution in [0.3, 0.4) is 0 Å². The molecule has 4 heteroatoms. The summed E-state index contributed by atoms with van der Waals surface area (Å²) in [4.78, 5) is 4.66. The first-order valence-electron chi connectivity index (χ1n) is 7.06. The average Bonchev–Trinajstić information content (AvgIpc) is 2.48. The topological polar surface area (TPSA) is 43.4 Å². The molecule has 0 aliphatic carbocycles. The number of benzene rings is 1. The molecule has 0 aliphatic heterocycles. The number of methoxy groups -OCH3 is 1. The van der Waals surface area contributed by atoms with Gasteiger partial charge in [0, 0.05) is 25.1 Å². The third kappa shape index (κ3) is 3.92. The van der Waals surface area contributed by atoms with E-state index in [0.717, 1.165) is 41.9 Å². The van der Waals surface area contributed by atoms with E-state index in [9.17, 15) is 0 Å². The maximum absolute atomic E-state index is 5.81. The number of nitrogens with one attached hydrogen (secondary N) is 1. The van der Waals surface area contributed by atoms with Gasteiger partial charge in [-0.2, -0.15) is 0 Å². The van der Waals surface area contributed by atoms with E-state index >= 15 is 0 Å². The largest absolute Gasteiger partial charge is 0.490 e. The van der Waals surface area contributed by atoms with Crippen molar-refractivity contribution in [2.24, 2.45) is 0 Å². The molecule has 2 rings (SSSR count). The zero-order chi connectivity index (χ0) is 14.2. The smallest absolute Gasteiger partial charge is 0.130 e. The van der Waals surface area contributed by atoms with Gasteiger partial charge in [-0.1, -0.05) is 19.1 Å². The van der Waals surface area contributed by atoms with Gasteiger partial charge >= 0.3 is 0 Å². The summed E-state index contributed by atoms with van der Waals surface area (Å²) in [7, 11) is 1.67. The van der Waals surface area contributed by atoms with Crippen molar-refractivity contribution in [1.82, 2.24) is 10.3 Å². The van der Waals surface area contributed by atoms with Crippen molar-refractivity contribution < 1.29 is 9.47 Å². The van der Waals surface area contributed by atoms with Crippen LogP contribution in [0.4, 0.5) is 0 Å². The molecule has 0 atom stereocenters. The van der Waals surface area contributed by atoms with Gasteiger partial charge in [0.05, 0.1) is 17.8 Å². The number of ether oxygens (including phenoxy) is 2. The first-order chi connectivity index (χ1) is 9.85. The first kappa shape index (κ1) is 14.8. The Kier molecular flexibility index (Phi) is 5.77. The molecule has 0 aliphatic rings. The van der Waals surface area contributed by atoms with Crippen molar-refractivity contribution in [2.75, 3.05) is 26.9 Å². The molecule has 0 unspecified atom stereocenters. The molecule has 0 saturated carbocycles. The van der Waals surface area contributed by atoms with Crippen molar-refractivity contribution in [3.63, 3.8) is 0 Å². The minimum atomic E-state index is 0.548. The van der Waals surface area contributed by atoms with Crippen LogP contribution >= 0.6 is 0 Å². The lowest BCUT2D eigenvalue weighted by Gasteiger charge is -2.11. The number of aromatic nitrogens is 1. The summed E-state index contributed by atoms with van der Waals surface area (Å²) in [5, 5.41) is 4.41. The van der Waals surface area contributed by atoms with Gasteiger partial charge in [0.15, 0.2) is 0 Å². The fraction of sp³-hybridized carbons (Fsp3) is 0.438. The molecule has 2 aromatic rings. The van der Waals surface area contributed by atoms with Gasteiger partial charge in [-0.15, -0.1) is 0 Å². The first-order valence-corrected chi connectivity index (χ1v) is 7.06. The van der Waals surface area contributed by atoms with Gasteiger partial charge in [0.2, 0.25) is 0 Å². The van der Waals surface area contributed by atoms with E-state index in [4.69, 9.17) is 9.47 Å². The predicted octanol–water partition coefficient (Wildman–Crippen LogP) is 2.76. The summed E-state index contributed by atoms with van der Waals surface area (Å²) in [5.74, 6) is 0.876. The molecule has 0 spiro atoms. The second kappa shape index (κ2) is 7.82. The minimum Gasteiger partial charge on any atom is -0.490 e. The standard InChI is InChI=1S/C16H22N2O2/c1-3-8-17-12-13-11-16(20-10-9-19-2)14-6-4-5-7-15(14)18-13/h4-7,11,17H,3,8-10,12H2,1-2H3. The van der Waals surface area contributed by atoms with E-state index in [1.54, 1.807) is 7.11 Å². The Morgan fingerprint density at radius 1 is 1.20 bits per heavy atom. The summed E-state index contributed by atoms with van der Waals surface area (Å²) >= 11 is 0. The third-order valence-electron chi connectivity index (χ3n) is 3.01. The van der Waals surface area contributed by atoms with Crippen LogP contribution in [0.1, 0.15) is 19.0 Å². The van der Waals surface area contributed by atoms with E-state index in [2.05, 4.69) is 17.2 Å². The molecule has 1 aromatic carbocycles. The van der Waals surface area contributed by atoms with E-state index in [-0.39, 0.29) is 0 Å². The van der Waals surface area contributed by atoms with Gasteiger partial charge in [-0.25, -0.2) is 0 Å². The van der Waals surface area contributed by atoms with Crippen LogP contribution in [0.5, 0.6) is 5.75 Å². The molecule has 1 aromatic heterocycles. The van der Waals surface area contributed by atoms with Gasteiger partial charge in [0.1, 0.15) is 12.4 Å². The van der Waals surface area contributed by atoms with Crippen molar-refractivity contribution in [1.29, 1.82) is 0 Å². The lowest BCUT2D eigenvalue weighted by atomic mass is 10.2. The van der Waals surface area contributed by atoms with Crippen LogP contribution in [0.15, 0.2) is 30.3 Å². The Labute approximate surface area is 120 Å². The average molecular weight is 274 g/mol. The molecule has 1 heterocycles. The molecule has 108 valence electrons. The van der Waals surface area contributed by atoms with Crippen molar-refractivity contribution in [3.05, 3.63) is 36.0 Å². The van der Waals surface area contributed by atoms with Crippen molar-refractivity contribution in [3.8, 4) is 5.75 Å². The number of rotatable bonds is 8. The molecule has 0 radical (unpaired) electrons.